The molecule has 0 unspecified atom stereocenters. The van der Waals surface area contributed by atoms with Gasteiger partial charge in [0.1, 0.15) is 17.1 Å². The number of pyridine rings is 1. The van der Waals surface area contributed by atoms with Gasteiger partial charge in [-0.1, -0.05) is 38.0 Å². The second kappa shape index (κ2) is 9.42. The molecule has 2 amide bonds. The minimum atomic E-state index is -0.398. The van der Waals surface area contributed by atoms with Crippen LogP contribution in [0.1, 0.15) is 47.2 Å². The van der Waals surface area contributed by atoms with E-state index >= 15 is 0 Å². The molecule has 1 aromatic carbocycles. The van der Waals surface area contributed by atoms with E-state index in [0.717, 1.165) is 19.3 Å². The maximum atomic E-state index is 12.4. The number of rotatable bonds is 8. The molecule has 0 fully saturated rings. The molecule has 2 N–H and O–H groups in total. The van der Waals surface area contributed by atoms with Crippen molar-refractivity contribution in [1.29, 1.82) is 0 Å². The number of carbonyl (C=O) groups excluding carboxylic acids is 2. The lowest BCUT2D eigenvalue weighted by atomic mass is 10.2. The van der Waals surface area contributed by atoms with Crippen LogP contribution < -0.4 is 15.4 Å². The summed E-state index contributed by atoms with van der Waals surface area (Å²) in [4.78, 5) is 28.7. The molecule has 0 aliphatic rings. The minimum absolute atomic E-state index is 0.173. The monoisotopic (exact) mass is 341 g/mol. The largest absolute Gasteiger partial charge is 0.495 e. The first kappa shape index (κ1) is 18.4. The molecule has 6 nitrogen and oxygen atoms in total. The van der Waals surface area contributed by atoms with Gasteiger partial charge in [-0.05, 0) is 30.7 Å². The van der Waals surface area contributed by atoms with Crippen LogP contribution in [0, 0.1) is 0 Å². The van der Waals surface area contributed by atoms with Gasteiger partial charge in [-0.15, -0.1) is 0 Å². The lowest BCUT2D eigenvalue weighted by Crippen LogP contribution is -2.26. The lowest BCUT2D eigenvalue weighted by molar-refractivity contribution is 0.0947. The Balaban J connectivity index is 2.04. The molecule has 25 heavy (non-hydrogen) atoms. The van der Waals surface area contributed by atoms with E-state index in [1.165, 1.54) is 7.11 Å². The average Bonchev–Trinajstić information content (AvgIpc) is 2.65. The maximum Gasteiger partial charge on any atom is 0.274 e. The van der Waals surface area contributed by atoms with Crippen LogP contribution in [0.3, 0.4) is 0 Å². The Hall–Kier alpha value is -2.89. The van der Waals surface area contributed by atoms with Gasteiger partial charge in [0.2, 0.25) is 0 Å². The number of nitrogens with one attached hydrogen (secondary N) is 2. The van der Waals surface area contributed by atoms with Gasteiger partial charge in [0.25, 0.3) is 11.8 Å². The zero-order valence-corrected chi connectivity index (χ0v) is 14.5. The van der Waals surface area contributed by atoms with Gasteiger partial charge in [-0.25, -0.2) is 4.98 Å². The summed E-state index contributed by atoms with van der Waals surface area (Å²) in [6, 6.07) is 11.9. The number of methoxy groups -OCH3 is 1. The van der Waals surface area contributed by atoms with Crippen LogP contribution in [-0.4, -0.2) is 30.5 Å². The third-order valence-electron chi connectivity index (χ3n) is 3.64. The van der Waals surface area contributed by atoms with Crippen molar-refractivity contribution in [3.05, 3.63) is 53.9 Å². The Morgan fingerprint density at radius 3 is 2.44 bits per heavy atom. The molecule has 1 aromatic heterocycles. The number of amides is 2. The van der Waals surface area contributed by atoms with Crippen molar-refractivity contribution < 1.29 is 14.3 Å². The summed E-state index contributed by atoms with van der Waals surface area (Å²) in [7, 11) is 1.53. The molecule has 0 radical (unpaired) electrons. The molecule has 0 atom stereocenters. The van der Waals surface area contributed by atoms with Crippen molar-refractivity contribution in [3.63, 3.8) is 0 Å². The molecule has 0 aliphatic carbocycles. The molecule has 0 saturated carbocycles. The molecule has 1 heterocycles. The van der Waals surface area contributed by atoms with Crippen LogP contribution in [0.4, 0.5) is 5.69 Å². The van der Waals surface area contributed by atoms with Gasteiger partial charge < -0.3 is 15.4 Å². The topological polar surface area (TPSA) is 80.3 Å². The molecule has 2 aromatic rings. The highest BCUT2D eigenvalue weighted by molar-refractivity contribution is 6.04. The number of hydrogen-bond acceptors (Lipinski definition) is 4. The summed E-state index contributed by atoms with van der Waals surface area (Å²) in [5, 5.41) is 5.56. The molecule has 0 bridgehead atoms. The fourth-order valence-corrected chi connectivity index (χ4v) is 2.29. The molecule has 2 rings (SSSR count). The summed E-state index contributed by atoms with van der Waals surface area (Å²) in [5.41, 5.74) is 0.947. The van der Waals surface area contributed by atoms with E-state index in [1.54, 1.807) is 36.4 Å². The minimum Gasteiger partial charge on any atom is -0.495 e. The number of carbonyl (C=O) groups is 2. The van der Waals surface area contributed by atoms with Crippen molar-refractivity contribution in [3.8, 4) is 5.75 Å². The molecule has 0 saturated heterocycles. The molecule has 132 valence electrons. The van der Waals surface area contributed by atoms with Gasteiger partial charge >= 0.3 is 0 Å². The van der Waals surface area contributed by atoms with Gasteiger partial charge in [0, 0.05) is 6.54 Å². The van der Waals surface area contributed by atoms with Crippen molar-refractivity contribution >= 4 is 17.5 Å². The smallest absolute Gasteiger partial charge is 0.274 e. The van der Waals surface area contributed by atoms with Gasteiger partial charge in [0.05, 0.1) is 12.8 Å². The van der Waals surface area contributed by atoms with E-state index in [0.29, 0.717) is 18.0 Å². The normalized spacial score (nSPS) is 10.2. The second-order valence-electron chi connectivity index (χ2n) is 5.53. The quantitative estimate of drug-likeness (QED) is 0.722. The van der Waals surface area contributed by atoms with Crippen molar-refractivity contribution in [2.75, 3.05) is 19.0 Å². The predicted molar refractivity (Wildman–Crippen MR) is 97.0 cm³/mol. The molecule has 6 heteroatoms. The first-order valence-corrected chi connectivity index (χ1v) is 8.35. The van der Waals surface area contributed by atoms with E-state index in [-0.39, 0.29) is 17.3 Å². The SMILES string of the molecule is CCCCCNC(=O)c1cccc(C(=O)Nc2ccccc2OC)n1. The molecule has 0 spiro atoms. The third kappa shape index (κ3) is 5.31. The lowest BCUT2D eigenvalue weighted by Gasteiger charge is -2.10. The van der Waals surface area contributed by atoms with E-state index < -0.39 is 5.91 Å². The van der Waals surface area contributed by atoms with Crippen LogP contribution in [-0.2, 0) is 0 Å². The highest BCUT2D eigenvalue weighted by atomic mass is 16.5. The Bertz CT molecular complexity index is 731. The van der Waals surface area contributed by atoms with Crippen LogP contribution in [0.2, 0.25) is 0 Å². The van der Waals surface area contributed by atoms with Crippen LogP contribution in [0.25, 0.3) is 0 Å². The van der Waals surface area contributed by atoms with Crippen LogP contribution in [0.15, 0.2) is 42.5 Å². The molecular weight excluding hydrogens is 318 g/mol. The third-order valence-corrected chi connectivity index (χ3v) is 3.64. The maximum absolute atomic E-state index is 12.4. The van der Waals surface area contributed by atoms with E-state index in [1.807, 2.05) is 6.07 Å². The standard InChI is InChI=1S/C19H23N3O3/c1-3-4-7-13-20-18(23)15-10-8-11-16(21-15)19(24)22-14-9-5-6-12-17(14)25-2/h5-6,8-12H,3-4,7,13H2,1-2H3,(H,20,23)(H,22,24). The second-order valence-corrected chi connectivity index (χ2v) is 5.53. The predicted octanol–water partition coefficient (Wildman–Crippen LogP) is 3.26. The number of anilines is 1. The summed E-state index contributed by atoms with van der Waals surface area (Å²) < 4.78 is 5.21. The number of ether oxygens (including phenoxy) is 1. The molecule has 0 aliphatic heterocycles. The first-order chi connectivity index (χ1) is 12.2. The van der Waals surface area contributed by atoms with Crippen molar-refractivity contribution in [1.82, 2.24) is 10.3 Å². The van der Waals surface area contributed by atoms with E-state index in [9.17, 15) is 9.59 Å². The number of unbranched alkanes of at least 4 members (excludes halogenated alkanes) is 2. The number of aromatic nitrogens is 1. The number of hydrogen-bond donors (Lipinski definition) is 2. The first-order valence-electron chi connectivity index (χ1n) is 8.35. The zero-order chi connectivity index (χ0) is 18.1. The summed E-state index contributed by atoms with van der Waals surface area (Å²) in [6.07, 6.45) is 3.08. The summed E-state index contributed by atoms with van der Waals surface area (Å²) in [6.45, 7) is 2.71. The number of nitrogens with zero attached hydrogens (tertiary/aromatic N) is 1. The Morgan fingerprint density at radius 1 is 1.00 bits per heavy atom. The Morgan fingerprint density at radius 2 is 1.72 bits per heavy atom. The summed E-state index contributed by atoms with van der Waals surface area (Å²) in [5.74, 6) is -0.117. The van der Waals surface area contributed by atoms with Crippen LogP contribution in [0.5, 0.6) is 5.75 Å². The highest BCUT2D eigenvalue weighted by Crippen LogP contribution is 2.23. The van der Waals surface area contributed by atoms with Gasteiger partial charge in [0.15, 0.2) is 0 Å². The van der Waals surface area contributed by atoms with Crippen molar-refractivity contribution in [2.45, 2.75) is 26.2 Å². The summed E-state index contributed by atoms with van der Waals surface area (Å²) >= 11 is 0. The zero-order valence-electron chi connectivity index (χ0n) is 14.5. The number of benzene rings is 1. The van der Waals surface area contributed by atoms with Crippen molar-refractivity contribution in [2.24, 2.45) is 0 Å². The van der Waals surface area contributed by atoms with Crippen LogP contribution >= 0.6 is 0 Å². The van der Waals surface area contributed by atoms with E-state index in [4.69, 9.17) is 4.74 Å². The molecular formula is C19H23N3O3. The highest BCUT2D eigenvalue weighted by Gasteiger charge is 2.13. The van der Waals surface area contributed by atoms with E-state index in [2.05, 4.69) is 22.5 Å². The Kier molecular flexibility index (Phi) is 6.95. The Labute approximate surface area is 147 Å². The van der Waals surface area contributed by atoms with Gasteiger partial charge in [-0.3, -0.25) is 9.59 Å². The average molecular weight is 341 g/mol. The fourth-order valence-electron chi connectivity index (χ4n) is 2.29. The number of para-hydroxylation sites is 2. The fraction of sp³-hybridized carbons (Fsp3) is 0.316. The van der Waals surface area contributed by atoms with Gasteiger partial charge in [-0.2, -0.15) is 0 Å².